The third kappa shape index (κ3) is 8.70. The van der Waals surface area contributed by atoms with E-state index in [0.717, 1.165) is 25.7 Å². The zero-order chi connectivity index (χ0) is 10.9. The SMILES string of the molecule is CCCCCCOP(=O)(O)OCCC. The third-order valence-corrected chi connectivity index (χ3v) is 2.73. The molecule has 1 N–H and O–H groups in total. The summed E-state index contributed by atoms with van der Waals surface area (Å²) in [5, 5.41) is 0. The number of phosphoric ester groups is 1. The molecule has 0 aromatic heterocycles. The maximum Gasteiger partial charge on any atom is 0.472 e. The molecule has 0 bridgehead atoms. The number of hydrogen-bond donors (Lipinski definition) is 1. The number of phosphoric acid groups is 1. The van der Waals surface area contributed by atoms with Gasteiger partial charge in [-0.15, -0.1) is 0 Å². The lowest BCUT2D eigenvalue weighted by atomic mass is 10.2. The van der Waals surface area contributed by atoms with E-state index in [1.54, 1.807) is 0 Å². The van der Waals surface area contributed by atoms with Crippen LogP contribution < -0.4 is 0 Å². The Hall–Kier alpha value is 0.110. The van der Waals surface area contributed by atoms with E-state index in [-0.39, 0.29) is 6.61 Å². The molecule has 0 amide bonds. The van der Waals surface area contributed by atoms with E-state index in [1.807, 2.05) is 6.92 Å². The zero-order valence-electron chi connectivity index (χ0n) is 9.07. The van der Waals surface area contributed by atoms with E-state index < -0.39 is 7.82 Å². The fourth-order valence-corrected chi connectivity index (χ4v) is 1.80. The van der Waals surface area contributed by atoms with Gasteiger partial charge in [0.05, 0.1) is 13.2 Å². The summed E-state index contributed by atoms with van der Waals surface area (Å²) in [6.07, 6.45) is 4.83. The third-order valence-electron chi connectivity index (χ3n) is 1.71. The van der Waals surface area contributed by atoms with Gasteiger partial charge in [0.25, 0.3) is 0 Å². The average Bonchev–Trinajstić information content (AvgIpc) is 2.15. The molecule has 0 aliphatic heterocycles. The Morgan fingerprint density at radius 2 is 1.64 bits per heavy atom. The molecule has 0 heterocycles. The molecule has 0 aromatic rings. The quantitative estimate of drug-likeness (QED) is 0.483. The molecular formula is C9H21O4P. The van der Waals surface area contributed by atoms with Gasteiger partial charge in [0.15, 0.2) is 0 Å². The summed E-state index contributed by atoms with van der Waals surface area (Å²) >= 11 is 0. The summed E-state index contributed by atoms with van der Waals surface area (Å²) in [4.78, 5) is 9.11. The maximum absolute atomic E-state index is 11.1. The van der Waals surface area contributed by atoms with Crippen LogP contribution >= 0.6 is 7.82 Å². The Kier molecular flexibility index (Phi) is 8.49. The molecule has 5 heteroatoms. The van der Waals surface area contributed by atoms with Crippen molar-refractivity contribution in [3.05, 3.63) is 0 Å². The van der Waals surface area contributed by atoms with Crippen LogP contribution in [0.25, 0.3) is 0 Å². The van der Waals surface area contributed by atoms with Gasteiger partial charge in [-0.25, -0.2) is 4.57 Å². The van der Waals surface area contributed by atoms with Crippen LogP contribution in [0.1, 0.15) is 46.0 Å². The lowest BCUT2D eigenvalue weighted by Crippen LogP contribution is -1.97. The fraction of sp³-hybridized carbons (Fsp3) is 1.00. The van der Waals surface area contributed by atoms with Crippen molar-refractivity contribution in [1.29, 1.82) is 0 Å². The molecular weight excluding hydrogens is 203 g/mol. The van der Waals surface area contributed by atoms with Gasteiger partial charge in [0, 0.05) is 0 Å². The summed E-state index contributed by atoms with van der Waals surface area (Å²) < 4.78 is 20.6. The van der Waals surface area contributed by atoms with Gasteiger partial charge in [0.2, 0.25) is 0 Å². The molecule has 0 fully saturated rings. The highest BCUT2D eigenvalue weighted by Gasteiger charge is 2.19. The molecule has 0 rings (SSSR count). The van der Waals surface area contributed by atoms with Gasteiger partial charge in [0.1, 0.15) is 0 Å². The van der Waals surface area contributed by atoms with Gasteiger partial charge < -0.3 is 4.89 Å². The summed E-state index contributed by atoms with van der Waals surface area (Å²) in [6, 6.07) is 0. The molecule has 0 aliphatic rings. The fourth-order valence-electron chi connectivity index (χ4n) is 0.953. The molecule has 4 nitrogen and oxygen atoms in total. The predicted octanol–water partition coefficient (Wildman–Crippen LogP) is 3.11. The van der Waals surface area contributed by atoms with Crippen LogP contribution in [0.5, 0.6) is 0 Å². The first-order chi connectivity index (χ1) is 6.62. The van der Waals surface area contributed by atoms with Crippen molar-refractivity contribution in [2.24, 2.45) is 0 Å². The topological polar surface area (TPSA) is 55.8 Å². The summed E-state index contributed by atoms with van der Waals surface area (Å²) in [5.41, 5.74) is 0. The highest BCUT2D eigenvalue weighted by Crippen LogP contribution is 2.43. The Morgan fingerprint density at radius 1 is 1.00 bits per heavy atom. The average molecular weight is 224 g/mol. The second kappa shape index (κ2) is 8.42. The second-order valence-electron chi connectivity index (χ2n) is 3.20. The van der Waals surface area contributed by atoms with Crippen molar-refractivity contribution in [2.45, 2.75) is 46.0 Å². The van der Waals surface area contributed by atoms with E-state index >= 15 is 0 Å². The Labute approximate surface area is 86.2 Å². The number of unbranched alkanes of at least 4 members (excludes halogenated alkanes) is 3. The molecule has 0 spiro atoms. The van der Waals surface area contributed by atoms with Crippen molar-refractivity contribution < 1.29 is 18.5 Å². The Balaban J connectivity index is 3.40. The molecule has 0 saturated heterocycles. The molecule has 0 aromatic carbocycles. The maximum atomic E-state index is 11.1. The molecule has 14 heavy (non-hydrogen) atoms. The molecule has 0 radical (unpaired) electrons. The van der Waals surface area contributed by atoms with Crippen molar-refractivity contribution in [3.8, 4) is 0 Å². The van der Waals surface area contributed by atoms with Crippen molar-refractivity contribution in [2.75, 3.05) is 13.2 Å². The van der Waals surface area contributed by atoms with Crippen LogP contribution in [0.3, 0.4) is 0 Å². The Bertz CT molecular complexity index is 172. The lowest BCUT2D eigenvalue weighted by molar-refractivity contribution is 0.147. The molecule has 0 saturated carbocycles. The van der Waals surface area contributed by atoms with Crippen LogP contribution in [0, 0.1) is 0 Å². The number of rotatable bonds is 9. The molecule has 86 valence electrons. The van der Waals surface area contributed by atoms with Gasteiger partial charge >= 0.3 is 7.82 Å². The largest absolute Gasteiger partial charge is 0.472 e. The first-order valence-corrected chi connectivity index (χ1v) is 6.73. The standard InChI is InChI=1S/C9H21O4P/c1-3-5-6-7-9-13-14(10,11)12-8-4-2/h3-9H2,1-2H3,(H,10,11). The predicted molar refractivity (Wildman–Crippen MR) is 56.2 cm³/mol. The monoisotopic (exact) mass is 224 g/mol. The van der Waals surface area contributed by atoms with Crippen LogP contribution in [0.15, 0.2) is 0 Å². The van der Waals surface area contributed by atoms with Crippen LogP contribution in [0.2, 0.25) is 0 Å². The van der Waals surface area contributed by atoms with Gasteiger partial charge in [-0.05, 0) is 12.8 Å². The van der Waals surface area contributed by atoms with Crippen molar-refractivity contribution in [3.63, 3.8) is 0 Å². The minimum atomic E-state index is -3.76. The molecule has 1 atom stereocenters. The van der Waals surface area contributed by atoms with E-state index in [0.29, 0.717) is 13.0 Å². The first-order valence-electron chi connectivity index (χ1n) is 5.24. The van der Waals surface area contributed by atoms with E-state index in [2.05, 4.69) is 11.4 Å². The Morgan fingerprint density at radius 3 is 2.21 bits per heavy atom. The first kappa shape index (κ1) is 14.1. The molecule has 0 aliphatic carbocycles. The van der Waals surface area contributed by atoms with E-state index in [1.165, 1.54) is 0 Å². The zero-order valence-corrected chi connectivity index (χ0v) is 9.96. The summed E-state index contributed by atoms with van der Waals surface area (Å²) in [6.45, 7) is 4.56. The van der Waals surface area contributed by atoms with Gasteiger partial charge in [-0.3, -0.25) is 9.05 Å². The normalized spacial score (nSPS) is 15.4. The lowest BCUT2D eigenvalue weighted by Gasteiger charge is -2.10. The van der Waals surface area contributed by atoms with Crippen molar-refractivity contribution in [1.82, 2.24) is 0 Å². The second-order valence-corrected chi connectivity index (χ2v) is 4.65. The smallest absolute Gasteiger partial charge is 0.302 e. The van der Waals surface area contributed by atoms with Gasteiger partial charge in [-0.1, -0.05) is 33.1 Å². The van der Waals surface area contributed by atoms with E-state index in [9.17, 15) is 4.57 Å². The molecule has 1 unspecified atom stereocenters. The summed E-state index contributed by atoms with van der Waals surface area (Å²) in [7, 11) is -3.76. The minimum absolute atomic E-state index is 0.267. The van der Waals surface area contributed by atoms with Gasteiger partial charge in [-0.2, -0.15) is 0 Å². The minimum Gasteiger partial charge on any atom is -0.302 e. The van der Waals surface area contributed by atoms with E-state index in [4.69, 9.17) is 9.42 Å². The highest BCUT2D eigenvalue weighted by molar-refractivity contribution is 7.47. The number of hydrogen-bond acceptors (Lipinski definition) is 3. The van der Waals surface area contributed by atoms with Crippen LogP contribution in [0.4, 0.5) is 0 Å². The summed E-state index contributed by atoms with van der Waals surface area (Å²) in [5.74, 6) is 0. The van der Waals surface area contributed by atoms with Crippen LogP contribution in [-0.2, 0) is 13.6 Å². The highest BCUT2D eigenvalue weighted by atomic mass is 31.2. The van der Waals surface area contributed by atoms with Crippen LogP contribution in [-0.4, -0.2) is 18.1 Å². The van der Waals surface area contributed by atoms with Crippen molar-refractivity contribution >= 4 is 7.82 Å².